The van der Waals surface area contributed by atoms with E-state index in [9.17, 15) is 14.9 Å². The van der Waals surface area contributed by atoms with Crippen LogP contribution in [0.25, 0.3) is 5.69 Å². The lowest BCUT2D eigenvalue weighted by molar-refractivity contribution is -0.384. The van der Waals surface area contributed by atoms with Crippen LogP contribution in [0.3, 0.4) is 0 Å². The van der Waals surface area contributed by atoms with Gasteiger partial charge in [0.25, 0.3) is 11.6 Å². The number of anilines is 1. The Balaban J connectivity index is 1.90. The summed E-state index contributed by atoms with van der Waals surface area (Å²) in [5.41, 5.74) is 1.32. The summed E-state index contributed by atoms with van der Waals surface area (Å²) < 4.78 is 2.15. The third-order valence-corrected chi connectivity index (χ3v) is 4.38. The molecule has 0 aliphatic rings. The number of nitro benzene ring substituents is 1. The Morgan fingerprint density at radius 1 is 1.31 bits per heavy atom. The summed E-state index contributed by atoms with van der Waals surface area (Å²) in [7, 11) is 0. The molecule has 0 spiro atoms. The van der Waals surface area contributed by atoms with Crippen LogP contribution in [-0.4, -0.2) is 25.8 Å². The van der Waals surface area contributed by atoms with Crippen molar-refractivity contribution in [2.24, 2.45) is 0 Å². The molecular formula is C16H11BrClN5O3. The zero-order valence-electron chi connectivity index (χ0n) is 13.3. The van der Waals surface area contributed by atoms with Crippen molar-refractivity contribution in [3.05, 3.63) is 73.5 Å². The van der Waals surface area contributed by atoms with Crippen LogP contribution in [0.4, 0.5) is 11.4 Å². The van der Waals surface area contributed by atoms with Gasteiger partial charge in [-0.05, 0) is 31.2 Å². The number of aromatic nitrogens is 3. The standard InChI is InChI=1S/C16H11BrClN5O3/c1-9-15(16(24)19-14-6-5-10(17)7-13(14)18)20-21-22(9)11-3-2-4-12(8-11)23(25)26/h2-8H,1H3,(H,19,24). The zero-order chi connectivity index (χ0) is 18.8. The van der Waals surface area contributed by atoms with Crippen molar-refractivity contribution in [3.8, 4) is 5.69 Å². The highest BCUT2D eigenvalue weighted by Crippen LogP contribution is 2.26. The summed E-state index contributed by atoms with van der Waals surface area (Å²) in [5.74, 6) is -0.483. The van der Waals surface area contributed by atoms with Gasteiger partial charge in [0.15, 0.2) is 5.69 Å². The number of hydrogen-bond acceptors (Lipinski definition) is 5. The maximum Gasteiger partial charge on any atom is 0.278 e. The number of carbonyl (C=O) groups is 1. The topological polar surface area (TPSA) is 103 Å². The van der Waals surface area contributed by atoms with Gasteiger partial charge in [-0.1, -0.05) is 38.8 Å². The van der Waals surface area contributed by atoms with E-state index in [-0.39, 0.29) is 11.4 Å². The van der Waals surface area contributed by atoms with Crippen LogP contribution in [0, 0.1) is 17.0 Å². The number of nitro groups is 1. The molecule has 1 heterocycles. The fraction of sp³-hybridized carbons (Fsp3) is 0.0625. The van der Waals surface area contributed by atoms with Gasteiger partial charge in [0, 0.05) is 16.6 Å². The van der Waals surface area contributed by atoms with Gasteiger partial charge in [0.1, 0.15) is 0 Å². The largest absolute Gasteiger partial charge is 0.319 e. The molecule has 1 amide bonds. The number of rotatable bonds is 4. The lowest BCUT2D eigenvalue weighted by atomic mass is 10.2. The van der Waals surface area contributed by atoms with Gasteiger partial charge >= 0.3 is 0 Å². The van der Waals surface area contributed by atoms with Gasteiger partial charge in [-0.15, -0.1) is 5.10 Å². The van der Waals surface area contributed by atoms with E-state index < -0.39 is 10.8 Å². The van der Waals surface area contributed by atoms with Crippen molar-refractivity contribution < 1.29 is 9.72 Å². The quantitative estimate of drug-likeness (QED) is 0.489. The molecular weight excluding hydrogens is 426 g/mol. The Kier molecular flexibility index (Phi) is 5.01. The first-order chi connectivity index (χ1) is 12.4. The number of hydrogen-bond donors (Lipinski definition) is 1. The molecule has 0 atom stereocenters. The minimum Gasteiger partial charge on any atom is -0.319 e. The number of halogens is 2. The lowest BCUT2D eigenvalue weighted by Gasteiger charge is -2.07. The number of carbonyl (C=O) groups excluding carboxylic acids is 1. The molecule has 0 aliphatic heterocycles. The molecule has 0 unspecified atom stereocenters. The van der Waals surface area contributed by atoms with Gasteiger partial charge in [0.05, 0.1) is 27.0 Å². The van der Waals surface area contributed by atoms with Gasteiger partial charge in [0.2, 0.25) is 0 Å². The summed E-state index contributed by atoms with van der Waals surface area (Å²) in [5, 5.41) is 21.8. The Hall–Kier alpha value is -2.78. The van der Waals surface area contributed by atoms with E-state index in [1.54, 1.807) is 31.2 Å². The van der Waals surface area contributed by atoms with E-state index in [0.29, 0.717) is 22.1 Å². The van der Waals surface area contributed by atoms with Crippen LogP contribution in [0.5, 0.6) is 0 Å². The van der Waals surface area contributed by atoms with Crippen LogP contribution in [0.1, 0.15) is 16.2 Å². The Labute approximate surface area is 161 Å². The molecule has 3 aromatic rings. The van der Waals surface area contributed by atoms with Crippen molar-refractivity contribution in [3.63, 3.8) is 0 Å². The normalized spacial score (nSPS) is 10.6. The molecule has 26 heavy (non-hydrogen) atoms. The molecule has 0 aliphatic carbocycles. The SMILES string of the molecule is Cc1c(C(=O)Nc2ccc(Br)cc2Cl)nnn1-c1cccc([N+](=O)[O-])c1. The van der Waals surface area contributed by atoms with E-state index in [4.69, 9.17) is 11.6 Å². The van der Waals surface area contributed by atoms with E-state index in [1.165, 1.54) is 22.9 Å². The Morgan fingerprint density at radius 2 is 2.08 bits per heavy atom. The second-order valence-corrected chi connectivity index (χ2v) is 6.61. The van der Waals surface area contributed by atoms with Crippen LogP contribution >= 0.6 is 27.5 Å². The Morgan fingerprint density at radius 3 is 2.77 bits per heavy atom. The second-order valence-electron chi connectivity index (χ2n) is 5.29. The molecule has 0 saturated heterocycles. The number of non-ortho nitro benzene ring substituents is 1. The molecule has 0 fully saturated rings. The van der Waals surface area contributed by atoms with Gasteiger partial charge in [-0.25, -0.2) is 4.68 Å². The maximum atomic E-state index is 12.5. The predicted molar refractivity (Wildman–Crippen MR) is 99.9 cm³/mol. The van der Waals surface area contributed by atoms with Gasteiger partial charge in [-0.3, -0.25) is 14.9 Å². The molecule has 132 valence electrons. The van der Waals surface area contributed by atoms with Crippen LogP contribution in [0.2, 0.25) is 5.02 Å². The first-order valence-corrected chi connectivity index (χ1v) is 8.47. The highest BCUT2D eigenvalue weighted by molar-refractivity contribution is 9.10. The van der Waals surface area contributed by atoms with Gasteiger partial charge in [-0.2, -0.15) is 0 Å². The average molecular weight is 437 g/mol. The Bertz CT molecular complexity index is 1020. The number of amides is 1. The van der Waals surface area contributed by atoms with Gasteiger partial charge < -0.3 is 5.32 Å². The fourth-order valence-corrected chi connectivity index (χ4v) is 3.02. The minimum absolute atomic E-state index is 0.0787. The molecule has 1 aromatic heterocycles. The third-order valence-electron chi connectivity index (χ3n) is 3.57. The number of nitrogens with zero attached hydrogens (tertiary/aromatic N) is 4. The predicted octanol–water partition coefficient (Wildman–Crippen LogP) is 4.15. The smallest absolute Gasteiger partial charge is 0.278 e. The minimum atomic E-state index is -0.501. The summed E-state index contributed by atoms with van der Waals surface area (Å²) >= 11 is 9.39. The average Bonchev–Trinajstić information content (AvgIpc) is 2.99. The lowest BCUT2D eigenvalue weighted by Crippen LogP contribution is -2.14. The molecule has 1 N–H and O–H groups in total. The summed E-state index contributed by atoms with van der Waals surface area (Å²) in [6.07, 6.45) is 0. The summed E-state index contributed by atoms with van der Waals surface area (Å²) in [4.78, 5) is 22.9. The summed E-state index contributed by atoms with van der Waals surface area (Å²) in [6.45, 7) is 1.65. The number of nitrogens with one attached hydrogen (secondary N) is 1. The molecule has 2 aromatic carbocycles. The molecule has 8 nitrogen and oxygen atoms in total. The van der Waals surface area contributed by atoms with Crippen molar-refractivity contribution in [1.29, 1.82) is 0 Å². The zero-order valence-corrected chi connectivity index (χ0v) is 15.7. The highest BCUT2D eigenvalue weighted by Gasteiger charge is 2.19. The summed E-state index contributed by atoms with van der Waals surface area (Å²) in [6, 6.07) is 11.0. The van der Waals surface area contributed by atoms with E-state index >= 15 is 0 Å². The molecule has 0 radical (unpaired) electrons. The molecule has 0 bridgehead atoms. The molecule has 0 saturated carbocycles. The van der Waals surface area contributed by atoms with Crippen molar-refractivity contribution in [2.45, 2.75) is 6.92 Å². The van der Waals surface area contributed by atoms with E-state index in [2.05, 4.69) is 31.6 Å². The van der Waals surface area contributed by atoms with Crippen LogP contribution in [-0.2, 0) is 0 Å². The third kappa shape index (κ3) is 3.58. The first-order valence-electron chi connectivity index (χ1n) is 7.30. The van der Waals surface area contributed by atoms with Crippen LogP contribution in [0.15, 0.2) is 46.9 Å². The highest BCUT2D eigenvalue weighted by atomic mass is 79.9. The first kappa shape index (κ1) is 18.0. The van der Waals surface area contributed by atoms with Crippen molar-refractivity contribution in [2.75, 3.05) is 5.32 Å². The maximum absolute atomic E-state index is 12.5. The number of benzene rings is 2. The fourth-order valence-electron chi connectivity index (χ4n) is 2.29. The van der Waals surface area contributed by atoms with E-state index in [0.717, 1.165) is 4.47 Å². The van der Waals surface area contributed by atoms with Crippen molar-refractivity contribution in [1.82, 2.24) is 15.0 Å². The monoisotopic (exact) mass is 435 g/mol. The van der Waals surface area contributed by atoms with Crippen molar-refractivity contribution >= 4 is 44.8 Å². The molecule has 3 rings (SSSR count). The van der Waals surface area contributed by atoms with Crippen LogP contribution < -0.4 is 5.32 Å². The van der Waals surface area contributed by atoms with E-state index in [1.807, 2.05) is 0 Å². The second kappa shape index (κ2) is 7.22. The molecule has 10 heteroatoms.